The van der Waals surface area contributed by atoms with Crippen LogP contribution >= 0.6 is 0 Å². The number of nitrogens with one attached hydrogen (secondary N) is 1. The molecule has 1 aromatic rings. The minimum absolute atomic E-state index is 0.0503. The van der Waals surface area contributed by atoms with Gasteiger partial charge in [-0.3, -0.25) is 9.69 Å². The van der Waals surface area contributed by atoms with Crippen LogP contribution in [0.3, 0.4) is 0 Å². The van der Waals surface area contributed by atoms with Crippen LogP contribution in [-0.4, -0.2) is 53.8 Å². The molecule has 23 heavy (non-hydrogen) atoms. The lowest BCUT2D eigenvalue weighted by molar-refractivity contribution is -0.125. The number of methoxy groups -OCH3 is 1. The van der Waals surface area contributed by atoms with Crippen LogP contribution in [0.15, 0.2) is 4.52 Å². The van der Waals surface area contributed by atoms with Crippen LogP contribution in [-0.2, 0) is 14.9 Å². The van der Waals surface area contributed by atoms with E-state index in [9.17, 15) is 4.79 Å². The molecule has 0 bridgehead atoms. The highest BCUT2D eigenvalue weighted by Crippen LogP contribution is 2.26. The van der Waals surface area contributed by atoms with E-state index in [0.29, 0.717) is 5.89 Å². The molecular formula is C16H28N4O3. The minimum Gasteiger partial charge on any atom is -0.375 e. The number of amides is 1. The minimum atomic E-state index is -0.111. The number of ether oxygens (including phenoxy) is 1. The molecule has 0 aromatic carbocycles. The first-order valence-corrected chi connectivity index (χ1v) is 8.17. The quantitative estimate of drug-likeness (QED) is 0.887. The Morgan fingerprint density at radius 3 is 2.61 bits per heavy atom. The van der Waals surface area contributed by atoms with Crippen LogP contribution in [0.5, 0.6) is 0 Å². The van der Waals surface area contributed by atoms with Crippen LogP contribution < -0.4 is 5.32 Å². The molecule has 1 saturated heterocycles. The Morgan fingerprint density at radius 1 is 1.43 bits per heavy atom. The zero-order chi connectivity index (χ0) is 17.0. The van der Waals surface area contributed by atoms with Gasteiger partial charge in [0.1, 0.15) is 6.61 Å². The van der Waals surface area contributed by atoms with E-state index in [0.717, 1.165) is 31.8 Å². The number of hydrogen-bond acceptors (Lipinski definition) is 6. The highest BCUT2D eigenvalue weighted by Gasteiger charge is 2.29. The topological polar surface area (TPSA) is 80.5 Å². The number of piperidine rings is 1. The Bertz CT molecular complexity index is 516. The molecule has 1 aliphatic heterocycles. The highest BCUT2D eigenvalue weighted by molar-refractivity contribution is 5.77. The molecule has 0 unspecified atom stereocenters. The van der Waals surface area contributed by atoms with Crippen LogP contribution in [0.1, 0.15) is 58.3 Å². The van der Waals surface area contributed by atoms with Crippen molar-refractivity contribution in [3.05, 3.63) is 11.7 Å². The van der Waals surface area contributed by atoms with Gasteiger partial charge in [-0.25, -0.2) is 0 Å². The third kappa shape index (κ3) is 4.75. The number of aromatic nitrogens is 2. The van der Waals surface area contributed by atoms with Crippen LogP contribution in [0, 0.1) is 0 Å². The van der Waals surface area contributed by atoms with E-state index in [2.05, 4.69) is 48.1 Å². The van der Waals surface area contributed by atoms with Crippen molar-refractivity contribution in [2.45, 2.75) is 58.0 Å². The number of likely N-dealkylation sites (tertiary alicyclic amines) is 1. The fourth-order valence-corrected chi connectivity index (χ4v) is 2.70. The fourth-order valence-electron chi connectivity index (χ4n) is 2.70. The summed E-state index contributed by atoms with van der Waals surface area (Å²) in [6, 6.07) is 0.308. The van der Waals surface area contributed by atoms with Crippen LogP contribution in [0.4, 0.5) is 0 Å². The lowest BCUT2D eigenvalue weighted by Gasteiger charge is -2.34. The Balaban J connectivity index is 1.87. The van der Waals surface area contributed by atoms with Gasteiger partial charge in [0.15, 0.2) is 5.82 Å². The first-order valence-electron chi connectivity index (χ1n) is 8.17. The molecule has 2 rings (SSSR count). The summed E-state index contributed by atoms with van der Waals surface area (Å²) < 4.78 is 10.3. The van der Waals surface area contributed by atoms with Gasteiger partial charge >= 0.3 is 0 Å². The van der Waals surface area contributed by atoms with E-state index in [1.54, 1.807) is 0 Å². The van der Waals surface area contributed by atoms with Gasteiger partial charge in [-0.1, -0.05) is 25.9 Å². The molecule has 1 fully saturated rings. The van der Waals surface area contributed by atoms with Gasteiger partial charge in [-0.2, -0.15) is 4.98 Å². The van der Waals surface area contributed by atoms with Crippen LogP contribution in [0.25, 0.3) is 0 Å². The highest BCUT2D eigenvalue weighted by atomic mass is 16.5. The average Bonchev–Trinajstić information content (AvgIpc) is 2.97. The van der Waals surface area contributed by atoms with Gasteiger partial charge in [0, 0.05) is 31.7 Å². The summed E-state index contributed by atoms with van der Waals surface area (Å²) in [6.45, 7) is 10.2. The molecule has 130 valence electrons. The molecule has 1 atom stereocenters. The standard InChI is InChI=1S/C16H28N4O3/c1-11(14-18-15(19-23-14)16(2,3)4)20-8-6-12(7-9-20)17-13(21)10-22-5/h11-12H,6-10H2,1-5H3,(H,17,21)/t11-/m0/s1. The van der Waals surface area contributed by atoms with Gasteiger partial charge in [-0.15, -0.1) is 0 Å². The number of carbonyl (C=O) groups excluding carboxylic acids is 1. The zero-order valence-electron chi connectivity index (χ0n) is 14.8. The molecule has 0 aliphatic carbocycles. The monoisotopic (exact) mass is 324 g/mol. The van der Waals surface area contributed by atoms with Gasteiger partial charge in [0.2, 0.25) is 11.8 Å². The third-order valence-corrected chi connectivity index (χ3v) is 4.19. The van der Waals surface area contributed by atoms with Gasteiger partial charge in [-0.05, 0) is 19.8 Å². The normalized spacial score (nSPS) is 18.8. The molecule has 1 N–H and O–H groups in total. The molecule has 7 heteroatoms. The van der Waals surface area contributed by atoms with E-state index < -0.39 is 0 Å². The lowest BCUT2D eigenvalue weighted by atomic mass is 9.96. The summed E-state index contributed by atoms with van der Waals surface area (Å²) in [5.74, 6) is 1.35. The van der Waals surface area contributed by atoms with Crippen molar-refractivity contribution in [2.75, 3.05) is 26.8 Å². The maximum Gasteiger partial charge on any atom is 0.246 e. The number of hydrogen-bond donors (Lipinski definition) is 1. The summed E-state index contributed by atoms with van der Waals surface area (Å²) in [4.78, 5) is 18.4. The first-order chi connectivity index (χ1) is 10.8. The van der Waals surface area contributed by atoms with Crippen molar-refractivity contribution in [1.29, 1.82) is 0 Å². The summed E-state index contributed by atoms with van der Waals surface area (Å²) in [5, 5.41) is 7.10. The predicted octanol–water partition coefficient (Wildman–Crippen LogP) is 1.66. The second kappa shape index (κ2) is 7.40. The maximum absolute atomic E-state index is 11.6. The van der Waals surface area contributed by atoms with Crippen molar-refractivity contribution in [3.8, 4) is 0 Å². The number of rotatable bonds is 5. The molecule has 0 spiro atoms. The van der Waals surface area contributed by atoms with Crippen molar-refractivity contribution in [1.82, 2.24) is 20.4 Å². The first kappa shape index (κ1) is 17.9. The van der Waals surface area contributed by atoms with E-state index in [4.69, 9.17) is 9.26 Å². The molecule has 0 radical (unpaired) electrons. The smallest absolute Gasteiger partial charge is 0.246 e. The second-order valence-electron chi connectivity index (χ2n) is 7.19. The Labute approximate surface area is 137 Å². The van der Waals surface area contributed by atoms with Gasteiger partial charge in [0.25, 0.3) is 0 Å². The maximum atomic E-state index is 11.6. The van der Waals surface area contributed by atoms with E-state index in [1.165, 1.54) is 7.11 Å². The molecule has 7 nitrogen and oxygen atoms in total. The van der Waals surface area contributed by atoms with Gasteiger partial charge < -0.3 is 14.6 Å². The van der Waals surface area contributed by atoms with E-state index in [-0.39, 0.29) is 30.0 Å². The molecule has 0 saturated carbocycles. The molecule has 1 aliphatic rings. The molecule has 2 heterocycles. The number of carbonyl (C=O) groups is 1. The predicted molar refractivity (Wildman–Crippen MR) is 86.0 cm³/mol. The van der Waals surface area contributed by atoms with E-state index >= 15 is 0 Å². The lowest BCUT2D eigenvalue weighted by Crippen LogP contribution is -2.46. The van der Waals surface area contributed by atoms with Crippen molar-refractivity contribution < 1.29 is 14.1 Å². The van der Waals surface area contributed by atoms with Crippen molar-refractivity contribution >= 4 is 5.91 Å². The summed E-state index contributed by atoms with van der Waals surface area (Å²) >= 11 is 0. The largest absolute Gasteiger partial charge is 0.375 e. The summed E-state index contributed by atoms with van der Waals surface area (Å²) in [5.41, 5.74) is -0.111. The Morgan fingerprint density at radius 2 is 2.09 bits per heavy atom. The third-order valence-electron chi connectivity index (χ3n) is 4.19. The van der Waals surface area contributed by atoms with Crippen molar-refractivity contribution in [3.63, 3.8) is 0 Å². The van der Waals surface area contributed by atoms with E-state index in [1.807, 2.05) is 0 Å². The second-order valence-corrected chi connectivity index (χ2v) is 7.19. The summed E-state index contributed by atoms with van der Waals surface area (Å²) in [6.07, 6.45) is 1.83. The molecule has 1 amide bonds. The van der Waals surface area contributed by atoms with Gasteiger partial charge in [0.05, 0.1) is 6.04 Å². The average molecular weight is 324 g/mol. The SMILES string of the molecule is COCC(=O)NC1CCN([C@@H](C)c2nc(C(C)(C)C)no2)CC1. The Kier molecular flexibility index (Phi) is 5.75. The number of nitrogens with zero attached hydrogens (tertiary/aromatic N) is 3. The summed E-state index contributed by atoms with van der Waals surface area (Å²) in [7, 11) is 1.53. The molecular weight excluding hydrogens is 296 g/mol. The van der Waals surface area contributed by atoms with Crippen molar-refractivity contribution in [2.24, 2.45) is 0 Å². The molecule has 1 aromatic heterocycles. The fraction of sp³-hybridized carbons (Fsp3) is 0.812. The Hall–Kier alpha value is -1.47. The van der Waals surface area contributed by atoms with Crippen LogP contribution in [0.2, 0.25) is 0 Å². The zero-order valence-corrected chi connectivity index (χ0v) is 14.8.